The van der Waals surface area contributed by atoms with Crippen molar-refractivity contribution in [2.45, 2.75) is 52.7 Å². The number of halogens is 1. The number of nitrogens with zero attached hydrogens (tertiary/aromatic N) is 2. The Morgan fingerprint density at radius 1 is 1.06 bits per heavy atom. The van der Waals surface area contributed by atoms with Gasteiger partial charge in [-0.15, -0.1) is 0 Å². The van der Waals surface area contributed by atoms with Crippen molar-refractivity contribution in [1.29, 1.82) is 0 Å². The number of hydrogen-bond donors (Lipinski definition) is 1. The molecule has 2 rings (SSSR count). The van der Waals surface area contributed by atoms with Crippen LogP contribution in [0.5, 0.6) is 0 Å². The third-order valence-corrected chi connectivity index (χ3v) is 7.07. The summed E-state index contributed by atoms with van der Waals surface area (Å²) < 4.78 is 27.2. The molecule has 0 aliphatic rings. The van der Waals surface area contributed by atoms with Gasteiger partial charge in [-0.25, -0.2) is 8.42 Å². The molecule has 2 amide bonds. The van der Waals surface area contributed by atoms with Crippen molar-refractivity contribution in [2.24, 2.45) is 0 Å². The van der Waals surface area contributed by atoms with E-state index in [1.165, 1.54) is 4.90 Å². The van der Waals surface area contributed by atoms with E-state index in [-0.39, 0.29) is 18.5 Å². The molecule has 0 aliphatic heterocycles. The fraction of sp³-hybridized carbons (Fsp3) is 0.417. The van der Waals surface area contributed by atoms with Gasteiger partial charge in [-0.05, 0) is 85.2 Å². The largest absolute Gasteiger partial charge is 0.352 e. The zero-order valence-electron chi connectivity index (χ0n) is 19.7. The summed E-state index contributed by atoms with van der Waals surface area (Å²) in [5.74, 6) is -0.692. The minimum absolute atomic E-state index is 0.0822. The normalized spacial score (nSPS) is 12.3. The second-order valence-corrected chi connectivity index (χ2v) is 11.4. The summed E-state index contributed by atoms with van der Waals surface area (Å²) in [6.45, 7) is 7.33. The number of anilines is 1. The first-order chi connectivity index (χ1) is 15.4. The Labute approximate surface area is 210 Å². The lowest BCUT2D eigenvalue weighted by Gasteiger charge is -2.33. The number of sulfonamides is 1. The van der Waals surface area contributed by atoms with Crippen molar-refractivity contribution in [2.75, 3.05) is 17.1 Å². The van der Waals surface area contributed by atoms with Gasteiger partial charge in [-0.1, -0.05) is 31.2 Å². The minimum Gasteiger partial charge on any atom is -0.352 e. The van der Waals surface area contributed by atoms with E-state index < -0.39 is 28.5 Å². The van der Waals surface area contributed by atoms with Gasteiger partial charge in [-0.3, -0.25) is 13.9 Å². The molecule has 33 heavy (non-hydrogen) atoms. The van der Waals surface area contributed by atoms with Crippen molar-refractivity contribution in [1.82, 2.24) is 10.2 Å². The molecule has 7 nitrogen and oxygen atoms in total. The Bertz CT molecular complexity index is 1070. The molecule has 1 atom stereocenters. The highest BCUT2D eigenvalue weighted by Gasteiger charge is 2.32. The molecule has 9 heteroatoms. The van der Waals surface area contributed by atoms with Gasteiger partial charge in [0.25, 0.3) is 0 Å². The van der Waals surface area contributed by atoms with Crippen LogP contribution in [-0.2, 0) is 26.2 Å². The number of carbonyl (C=O) groups is 2. The molecule has 0 saturated carbocycles. The summed E-state index contributed by atoms with van der Waals surface area (Å²) >= 11 is 2.13. The number of aryl methyl sites for hydroxylation is 1. The topological polar surface area (TPSA) is 86.8 Å². The van der Waals surface area contributed by atoms with E-state index in [0.29, 0.717) is 12.1 Å². The van der Waals surface area contributed by atoms with Crippen molar-refractivity contribution >= 4 is 50.1 Å². The molecule has 1 N–H and O–H groups in total. The molecule has 2 aromatic carbocycles. The summed E-state index contributed by atoms with van der Waals surface area (Å²) in [5.41, 5.74) is 2.30. The Morgan fingerprint density at radius 3 is 2.18 bits per heavy atom. The van der Waals surface area contributed by atoms with Crippen LogP contribution in [0.25, 0.3) is 0 Å². The van der Waals surface area contributed by atoms with Gasteiger partial charge in [0, 0.05) is 16.2 Å². The lowest BCUT2D eigenvalue weighted by atomic mass is 10.1. The molecule has 0 saturated heterocycles. The van der Waals surface area contributed by atoms with Crippen LogP contribution in [0, 0.1) is 10.5 Å². The Kier molecular flexibility index (Phi) is 9.71. The van der Waals surface area contributed by atoms with Gasteiger partial charge >= 0.3 is 0 Å². The molecular formula is C24H32IN3O4S. The number of carbonyl (C=O) groups excluding carboxylic acids is 2. The van der Waals surface area contributed by atoms with Crippen LogP contribution >= 0.6 is 22.6 Å². The fourth-order valence-corrected chi connectivity index (χ4v) is 4.70. The van der Waals surface area contributed by atoms with Gasteiger partial charge in [0.1, 0.15) is 12.6 Å². The maximum Gasteiger partial charge on any atom is 0.244 e. The molecule has 0 heterocycles. The highest BCUT2D eigenvalue weighted by molar-refractivity contribution is 14.1. The Balaban J connectivity index is 2.44. The van der Waals surface area contributed by atoms with E-state index in [9.17, 15) is 18.0 Å². The van der Waals surface area contributed by atoms with E-state index in [0.717, 1.165) is 25.3 Å². The number of nitrogens with one attached hydrogen (secondary N) is 1. The highest BCUT2D eigenvalue weighted by Crippen LogP contribution is 2.21. The monoisotopic (exact) mass is 585 g/mol. The quantitative estimate of drug-likeness (QED) is 0.431. The molecule has 0 aromatic heterocycles. The summed E-state index contributed by atoms with van der Waals surface area (Å²) in [4.78, 5) is 28.0. The highest BCUT2D eigenvalue weighted by atomic mass is 127. The minimum atomic E-state index is -3.73. The van der Waals surface area contributed by atoms with Crippen molar-refractivity contribution in [3.8, 4) is 0 Å². The van der Waals surface area contributed by atoms with Crippen LogP contribution in [-0.4, -0.2) is 50.0 Å². The smallest absolute Gasteiger partial charge is 0.244 e. The third-order valence-electron chi connectivity index (χ3n) is 5.21. The molecular weight excluding hydrogens is 553 g/mol. The third kappa shape index (κ3) is 7.70. The van der Waals surface area contributed by atoms with Crippen molar-refractivity contribution in [3.05, 3.63) is 63.2 Å². The van der Waals surface area contributed by atoms with Gasteiger partial charge in [0.15, 0.2) is 0 Å². The predicted octanol–water partition coefficient (Wildman–Crippen LogP) is 3.70. The zero-order valence-corrected chi connectivity index (χ0v) is 22.7. The first kappa shape index (κ1) is 27.1. The van der Waals surface area contributed by atoms with E-state index in [2.05, 4.69) is 27.9 Å². The standard InChI is InChI=1S/C24H32IN3O4S/c1-6-22(24(30)26-17(2)3)27(15-19-10-8-7-9-18(19)4)23(29)16-28(33(5,31)32)21-13-11-20(25)12-14-21/h7-14,17,22H,6,15-16H2,1-5H3,(H,26,30)/t22-/m0/s1. The van der Waals surface area contributed by atoms with Gasteiger partial charge < -0.3 is 10.2 Å². The van der Waals surface area contributed by atoms with E-state index >= 15 is 0 Å². The fourth-order valence-electron chi connectivity index (χ4n) is 3.49. The summed E-state index contributed by atoms with van der Waals surface area (Å²) in [5, 5.41) is 2.89. The van der Waals surface area contributed by atoms with Crippen LogP contribution in [0.4, 0.5) is 5.69 Å². The van der Waals surface area contributed by atoms with Gasteiger partial charge in [0.05, 0.1) is 11.9 Å². The lowest BCUT2D eigenvalue weighted by Crippen LogP contribution is -2.53. The van der Waals surface area contributed by atoms with Crippen molar-refractivity contribution in [3.63, 3.8) is 0 Å². The van der Waals surface area contributed by atoms with Gasteiger partial charge in [0.2, 0.25) is 21.8 Å². The second-order valence-electron chi connectivity index (χ2n) is 8.28. The van der Waals surface area contributed by atoms with Gasteiger partial charge in [-0.2, -0.15) is 0 Å². The zero-order chi connectivity index (χ0) is 24.8. The molecule has 0 unspecified atom stereocenters. The van der Waals surface area contributed by atoms with Crippen molar-refractivity contribution < 1.29 is 18.0 Å². The van der Waals surface area contributed by atoms with Crippen LogP contribution in [0.2, 0.25) is 0 Å². The first-order valence-electron chi connectivity index (χ1n) is 10.8. The SMILES string of the molecule is CC[C@@H](C(=O)NC(C)C)N(Cc1ccccc1C)C(=O)CN(c1ccc(I)cc1)S(C)(=O)=O. The second kappa shape index (κ2) is 11.8. The Hall–Kier alpha value is -2.14. The summed E-state index contributed by atoms with van der Waals surface area (Å²) in [7, 11) is -3.73. The molecule has 0 spiro atoms. The number of benzene rings is 2. The maximum atomic E-state index is 13.6. The average molecular weight is 586 g/mol. The van der Waals surface area contributed by atoms with Crippen LogP contribution in [0.15, 0.2) is 48.5 Å². The molecule has 180 valence electrons. The Morgan fingerprint density at radius 2 is 1.67 bits per heavy atom. The number of amides is 2. The maximum absolute atomic E-state index is 13.6. The molecule has 2 aromatic rings. The van der Waals surface area contributed by atoms with E-state index in [1.807, 2.05) is 52.0 Å². The molecule has 0 bridgehead atoms. The van der Waals surface area contributed by atoms with E-state index in [1.54, 1.807) is 24.3 Å². The van der Waals surface area contributed by atoms with Crippen LogP contribution in [0.1, 0.15) is 38.3 Å². The molecule has 0 fully saturated rings. The first-order valence-corrected chi connectivity index (χ1v) is 13.7. The number of hydrogen-bond acceptors (Lipinski definition) is 4. The molecule has 0 aliphatic carbocycles. The lowest BCUT2D eigenvalue weighted by molar-refractivity contribution is -0.140. The summed E-state index contributed by atoms with van der Waals surface area (Å²) in [6, 6.07) is 13.8. The summed E-state index contributed by atoms with van der Waals surface area (Å²) in [6.07, 6.45) is 1.48. The molecule has 0 radical (unpaired) electrons. The van der Waals surface area contributed by atoms with E-state index in [4.69, 9.17) is 0 Å². The van der Waals surface area contributed by atoms with Crippen LogP contribution < -0.4 is 9.62 Å². The average Bonchev–Trinajstić information content (AvgIpc) is 2.72. The number of rotatable bonds is 10. The predicted molar refractivity (Wildman–Crippen MR) is 140 cm³/mol. The van der Waals surface area contributed by atoms with Crippen LogP contribution in [0.3, 0.4) is 0 Å².